The Balaban J connectivity index is 1.99. The van der Waals surface area contributed by atoms with E-state index in [0.29, 0.717) is 11.2 Å². The highest BCUT2D eigenvalue weighted by Crippen LogP contribution is 2.25. The summed E-state index contributed by atoms with van der Waals surface area (Å²) in [5, 5.41) is 3.88. The van der Waals surface area contributed by atoms with Gasteiger partial charge in [0.25, 0.3) is 0 Å². The van der Waals surface area contributed by atoms with Gasteiger partial charge in [0.1, 0.15) is 17.0 Å². The van der Waals surface area contributed by atoms with Crippen molar-refractivity contribution < 1.29 is 4.74 Å². The molecule has 1 aromatic heterocycles. The summed E-state index contributed by atoms with van der Waals surface area (Å²) in [5.74, 6) is 0.748. The van der Waals surface area contributed by atoms with Gasteiger partial charge in [0.05, 0.1) is 10.7 Å². The number of hydrogen-bond donors (Lipinski definition) is 1. The molecule has 0 amide bonds. The normalized spacial score (nSPS) is 22.1. The van der Waals surface area contributed by atoms with E-state index in [-0.39, 0.29) is 6.10 Å². The topological polar surface area (TPSA) is 34.1 Å². The van der Waals surface area contributed by atoms with Crippen molar-refractivity contribution in [2.45, 2.75) is 31.9 Å². The van der Waals surface area contributed by atoms with Gasteiger partial charge in [0, 0.05) is 6.04 Å². The number of pyridine rings is 1. The smallest absolute Gasteiger partial charge is 0.143 e. The van der Waals surface area contributed by atoms with Crippen LogP contribution in [0.1, 0.15) is 19.8 Å². The summed E-state index contributed by atoms with van der Waals surface area (Å²) in [6.45, 7) is 3.16. The lowest BCUT2D eigenvalue weighted by Crippen LogP contribution is -2.36. The highest BCUT2D eigenvalue weighted by molar-refractivity contribution is 9.10. The Bertz CT molecular complexity index is 369. The number of ether oxygens (including phenoxy) is 1. The molecule has 1 N–H and O–H groups in total. The second-order valence-corrected chi connectivity index (χ2v) is 5.18. The zero-order valence-corrected chi connectivity index (χ0v) is 11.4. The summed E-state index contributed by atoms with van der Waals surface area (Å²) in [7, 11) is 0. The maximum Gasteiger partial charge on any atom is 0.143 e. The maximum absolute atomic E-state index is 5.82. The standard InChI is InChI=1S/C11H14BrClN2O/c1-7(10-3-2-4-14-10)16-8-5-9(12)11(13)15-6-8/h5-7,10,14H,2-4H2,1H3/t7?,10-/m0/s1. The van der Waals surface area contributed by atoms with Crippen molar-refractivity contribution in [1.29, 1.82) is 0 Å². The molecule has 0 aliphatic carbocycles. The SMILES string of the molecule is CC(Oc1cnc(Cl)c(Br)c1)[C@@H]1CCCN1. The molecule has 0 spiro atoms. The van der Waals surface area contributed by atoms with Crippen LogP contribution >= 0.6 is 27.5 Å². The van der Waals surface area contributed by atoms with E-state index in [9.17, 15) is 0 Å². The minimum Gasteiger partial charge on any atom is -0.487 e. The molecule has 0 radical (unpaired) electrons. The molecule has 1 saturated heterocycles. The van der Waals surface area contributed by atoms with Crippen molar-refractivity contribution >= 4 is 27.5 Å². The van der Waals surface area contributed by atoms with Crippen LogP contribution in [0.15, 0.2) is 16.7 Å². The first-order valence-corrected chi connectivity index (χ1v) is 6.55. The van der Waals surface area contributed by atoms with Crippen molar-refractivity contribution in [3.8, 4) is 5.75 Å². The van der Waals surface area contributed by atoms with Crippen LogP contribution in [0, 0.1) is 0 Å². The predicted octanol–water partition coefficient (Wildman–Crippen LogP) is 3.02. The fourth-order valence-electron chi connectivity index (χ4n) is 1.88. The van der Waals surface area contributed by atoms with E-state index in [1.54, 1.807) is 6.20 Å². The van der Waals surface area contributed by atoms with Gasteiger partial charge in [-0.3, -0.25) is 0 Å². The highest BCUT2D eigenvalue weighted by atomic mass is 79.9. The van der Waals surface area contributed by atoms with E-state index in [1.807, 2.05) is 6.07 Å². The summed E-state index contributed by atoms with van der Waals surface area (Å²) < 4.78 is 6.58. The number of nitrogens with one attached hydrogen (secondary N) is 1. The lowest BCUT2D eigenvalue weighted by Gasteiger charge is -2.21. The Hall–Kier alpha value is -0.320. The minimum atomic E-state index is 0.150. The van der Waals surface area contributed by atoms with Gasteiger partial charge in [0.15, 0.2) is 0 Å². The third-order valence-corrected chi connectivity index (χ3v) is 3.89. The van der Waals surface area contributed by atoms with Crippen molar-refractivity contribution in [2.75, 3.05) is 6.54 Å². The van der Waals surface area contributed by atoms with E-state index < -0.39 is 0 Å². The molecule has 2 heterocycles. The third-order valence-electron chi connectivity index (χ3n) is 2.76. The minimum absolute atomic E-state index is 0.150. The molecular weight excluding hydrogens is 291 g/mol. The molecule has 1 aliphatic rings. The molecule has 16 heavy (non-hydrogen) atoms. The zero-order valence-electron chi connectivity index (χ0n) is 9.04. The first kappa shape index (κ1) is 12.1. The lowest BCUT2D eigenvalue weighted by molar-refractivity contribution is 0.179. The molecular formula is C11H14BrClN2O. The van der Waals surface area contributed by atoms with Gasteiger partial charge >= 0.3 is 0 Å². The Morgan fingerprint density at radius 3 is 3.12 bits per heavy atom. The molecule has 0 bridgehead atoms. The van der Waals surface area contributed by atoms with E-state index in [2.05, 4.69) is 33.2 Å². The monoisotopic (exact) mass is 304 g/mol. The molecule has 5 heteroatoms. The molecule has 3 nitrogen and oxygen atoms in total. The first-order valence-electron chi connectivity index (χ1n) is 5.38. The van der Waals surface area contributed by atoms with Crippen LogP contribution in [0.25, 0.3) is 0 Å². The maximum atomic E-state index is 5.82. The van der Waals surface area contributed by atoms with E-state index in [1.165, 1.54) is 12.8 Å². The molecule has 2 atom stereocenters. The second kappa shape index (κ2) is 5.34. The van der Waals surface area contributed by atoms with Gasteiger partial charge < -0.3 is 10.1 Å². The number of hydrogen-bond acceptors (Lipinski definition) is 3. The summed E-state index contributed by atoms with van der Waals surface area (Å²) in [5.41, 5.74) is 0. The van der Waals surface area contributed by atoms with Crippen LogP contribution in [0.4, 0.5) is 0 Å². The number of rotatable bonds is 3. The Morgan fingerprint density at radius 1 is 1.69 bits per heavy atom. The van der Waals surface area contributed by atoms with Crippen LogP contribution < -0.4 is 10.1 Å². The van der Waals surface area contributed by atoms with Crippen LogP contribution in [0.2, 0.25) is 5.15 Å². The number of nitrogens with zero attached hydrogens (tertiary/aromatic N) is 1. The predicted molar refractivity (Wildman–Crippen MR) is 68.1 cm³/mol. The first-order chi connectivity index (χ1) is 7.66. The van der Waals surface area contributed by atoms with Gasteiger partial charge in [-0.05, 0) is 48.3 Å². The van der Waals surface area contributed by atoms with Crippen molar-refractivity contribution in [2.24, 2.45) is 0 Å². The fraction of sp³-hybridized carbons (Fsp3) is 0.545. The molecule has 0 saturated carbocycles. The average molecular weight is 306 g/mol. The van der Waals surface area contributed by atoms with Crippen LogP contribution in [-0.2, 0) is 0 Å². The summed E-state index contributed by atoms with van der Waals surface area (Å²) >= 11 is 9.15. The fourth-order valence-corrected chi connectivity index (χ4v) is 2.31. The summed E-state index contributed by atoms with van der Waals surface area (Å²) in [4.78, 5) is 4.03. The van der Waals surface area contributed by atoms with Crippen LogP contribution in [0.5, 0.6) is 5.75 Å². The van der Waals surface area contributed by atoms with Gasteiger partial charge in [-0.15, -0.1) is 0 Å². The quantitative estimate of drug-likeness (QED) is 0.872. The Kier molecular flexibility index (Phi) is 4.05. The van der Waals surface area contributed by atoms with Gasteiger partial charge in [-0.25, -0.2) is 4.98 Å². The average Bonchev–Trinajstić information content (AvgIpc) is 2.77. The van der Waals surface area contributed by atoms with Crippen molar-refractivity contribution in [1.82, 2.24) is 10.3 Å². The highest BCUT2D eigenvalue weighted by Gasteiger charge is 2.22. The second-order valence-electron chi connectivity index (χ2n) is 3.97. The lowest BCUT2D eigenvalue weighted by atomic mass is 10.1. The van der Waals surface area contributed by atoms with Crippen molar-refractivity contribution in [3.05, 3.63) is 21.9 Å². The van der Waals surface area contributed by atoms with E-state index >= 15 is 0 Å². The molecule has 88 valence electrons. The van der Waals surface area contributed by atoms with Gasteiger partial charge in [0.2, 0.25) is 0 Å². The molecule has 1 fully saturated rings. The van der Waals surface area contributed by atoms with Gasteiger partial charge in [-0.2, -0.15) is 0 Å². The Morgan fingerprint density at radius 2 is 2.50 bits per heavy atom. The molecule has 0 aromatic carbocycles. The van der Waals surface area contributed by atoms with Gasteiger partial charge in [-0.1, -0.05) is 11.6 Å². The summed E-state index contributed by atoms with van der Waals surface area (Å²) in [6.07, 6.45) is 4.19. The molecule has 2 rings (SSSR count). The summed E-state index contributed by atoms with van der Waals surface area (Å²) in [6, 6.07) is 2.29. The Labute approximate surface area is 109 Å². The number of halogens is 2. The van der Waals surface area contributed by atoms with Crippen LogP contribution in [0.3, 0.4) is 0 Å². The largest absolute Gasteiger partial charge is 0.487 e. The molecule has 1 aliphatic heterocycles. The molecule has 1 aromatic rings. The van der Waals surface area contributed by atoms with E-state index in [0.717, 1.165) is 16.8 Å². The van der Waals surface area contributed by atoms with E-state index in [4.69, 9.17) is 16.3 Å². The number of aromatic nitrogens is 1. The van der Waals surface area contributed by atoms with Crippen LogP contribution in [-0.4, -0.2) is 23.7 Å². The molecule has 1 unspecified atom stereocenters. The van der Waals surface area contributed by atoms with Crippen molar-refractivity contribution in [3.63, 3.8) is 0 Å². The zero-order chi connectivity index (χ0) is 11.5. The third kappa shape index (κ3) is 2.87.